The number of benzene rings is 1. The molecule has 0 aliphatic carbocycles. The van der Waals surface area contributed by atoms with E-state index in [4.69, 9.17) is 0 Å². The Morgan fingerprint density at radius 1 is 1.24 bits per heavy atom. The molecule has 3 heteroatoms. The van der Waals surface area contributed by atoms with Crippen molar-refractivity contribution in [2.45, 2.75) is 45.6 Å². The molecule has 1 aromatic carbocycles. The summed E-state index contributed by atoms with van der Waals surface area (Å²) in [5.74, 6) is 0.510. The second-order valence-electron chi connectivity index (χ2n) is 6.62. The highest BCUT2D eigenvalue weighted by atomic mass is 79.9. The van der Waals surface area contributed by atoms with E-state index in [9.17, 15) is 0 Å². The van der Waals surface area contributed by atoms with Gasteiger partial charge in [0.25, 0.3) is 0 Å². The van der Waals surface area contributed by atoms with Crippen molar-refractivity contribution in [2.75, 3.05) is 6.54 Å². The zero-order chi connectivity index (χ0) is 15.5. The minimum atomic E-state index is 0.150. The van der Waals surface area contributed by atoms with E-state index in [1.54, 1.807) is 0 Å². The van der Waals surface area contributed by atoms with Gasteiger partial charge in [0.2, 0.25) is 0 Å². The molecule has 0 fully saturated rings. The molecule has 0 saturated carbocycles. The molecule has 1 unspecified atom stereocenters. The van der Waals surface area contributed by atoms with Crippen molar-refractivity contribution < 1.29 is 0 Å². The molecule has 1 nitrogen and oxygen atoms in total. The highest BCUT2D eigenvalue weighted by molar-refractivity contribution is 9.10. The maximum atomic E-state index is 3.67. The average molecular weight is 366 g/mol. The first-order chi connectivity index (χ1) is 9.85. The highest BCUT2D eigenvalue weighted by Crippen LogP contribution is 2.28. The molecule has 0 bridgehead atoms. The van der Waals surface area contributed by atoms with Gasteiger partial charge >= 0.3 is 0 Å². The highest BCUT2D eigenvalue weighted by Gasteiger charge is 2.18. The van der Waals surface area contributed by atoms with Gasteiger partial charge in [-0.25, -0.2) is 0 Å². The molecule has 1 heterocycles. The lowest BCUT2D eigenvalue weighted by molar-refractivity contribution is 0.405. The summed E-state index contributed by atoms with van der Waals surface area (Å²) in [7, 11) is 0. The smallest absolute Gasteiger partial charge is 0.0285 e. The molecule has 21 heavy (non-hydrogen) atoms. The van der Waals surface area contributed by atoms with E-state index in [2.05, 4.69) is 84.7 Å². The van der Waals surface area contributed by atoms with Crippen LogP contribution in [-0.4, -0.2) is 12.1 Å². The molecule has 1 N–H and O–H groups in total. The second-order valence-corrected chi connectivity index (χ2v) is 8.53. The van der Waals surface area contributed by atoms with Crippen LogP contribution in [0, 0.1) is 6.92 Å². The number of hydrogen-bond acceptors (Lipinski definition) is 2. The minimum Gasteiger partial charge on any atom is -0.311 e. The first kappa shape index (κ1) is 16.7. The second kappa shape index (κ2) is 7.08. The van der Waals surface area contributed by atoms with Crippen LogP contribution < -0.4 is 5.32 Å². The van der Waals surface area contributed by atoms with Crippen LogP contribution in [0.4, 0.5) is 0 Å². The van der Waals surface area contributed by atoms with E-state index >= 15 is 0 Å². The molecule has 0 aliphatic rings. The van der Waals surface area contributed by atoms with Crippen molar-refractivity contribution in [3.8, 4) is 0 Å². The van der Waals surface area contributed by atoms with Crippen LogP contribution in [0.2, 0.25) is 0 Å². The summed E-state index contributed by atoms with van der Waals surface area (Å²) >= 11 is 5.40. The van der Waals surface area contributed by atoms with Crippen molar-refractivity contribution >= 4 is 27.3 Å². The number of thiophene rings is 1. The molecular formula is C18H24BrNS. The van der Waals surface area contributed by atoms with Gasteiger partial charge in [0.1, 0.15) is 0 Å². The van der Waals surface area contributed by atoms with Gasteiger partial charge in [-0.05, 0) is 67.2 Å². The number of halogens is 1. The van der Waals surface area contributed by atoms with Crippen molar-refractivity contribution in [2.24, 2.45) is 0 Å². The van der Waals surface area contributed by atoms with Crippen molar-refractivity contribution in [3.63, 3.8) is 0 Å². The molecule has 0 spiro atoms. The van der Waals surface area contributed by atoms with E-state index in [0.29, 0.717) is 5.92 Å². The largest absolute Gasteiger partial charge is 0.311 e. The standard InChI is InChI=1S/C18H24BrNS/c1-13-7-5-6-8-17(13)14(11-20-18(2,3)4)9-16-10-15(19)12-21-16/h5-8,10,12,14,20H,9,11H2,1-4H3. The lowest BCUT2D eigenvalue weighted by atomic mass is 9.90. The Morgan fingerprint density at radius 3 is 2.52 bits per heavy atom. The van der Waals surface area contributed by atoms with E-state index < -0.39 is 0 Å². The molecule has 0 aliphatic heterocycles. The molecule has 114 valence electrons. The Kier molecular flexibility index (Phi) is 5.64. The molecule has 2 rings (SSSR count). The van der Waals surface area contributed by atoms with Gasteiger partial charge in [0.05, 0.1) is 0 Å². The lowest BCUT2D eigenvalue weighted by Crippen LogP contribution is -2.39. The monoisotopic (exact) mass is 365 g/mol. The first-order valence-electron chi connectivity index (χ1n) is 7.38. The van der Waals surface area contributed by atoms with Crippen LogP contribution in [0.3, 0.4) is 0 Å². The third-order valence-electron chi connectivity index (χ3n) is 3.58. The van der Waals surface area contributed by atoms with Crippen LogP contribution >= 0.6 is 27.3 Å². The van der Waals surface area contributed by atoms with E-state index in [-0.39, 0.29) is 5.54 Å². The Hall–Kier alpha value is -0.640. The quantitative estimate of drug-likeness (QED) is 0.733. The molecular weight excluding hydrogens is 342 g/mol. The summed E-state index contributed by atoms with van der Waals surface area (Å²) in [6.07, 6.45) is 1.09. The predicted molar refractivity (Wildman–Crippen MR) is 97.4 cm³/mol. The Bertz CT molecular complexity index is 583. The van der Waals surface area contributed by atoms with E-state index in [0.717, 1.165) is 13.0 Å². The molecule has 1 aromatic heterocycles. The number of rotatable bonds is 5. The average Bonchev–Trinajstić information content (AvgIpc) is 2.80. The fraction of sp³-hybridized carbons (Fsp3) is 0.444. The Morgan fingerprint density at radius 2 is 1.95 bits per heavy atom. The molecule has 0 saturated heterocycles. The molecule has 1 atom stereocenters. The summed E-state index contributed by atoms with van der Waals surface area (Å²) in [6, 6.07) is 11.0. The first-order valence-corrected chi connectivity index (χ1v) is 9.06. The topological polar surface area (TPSA) is 12.0 Å². The zero-order valence-electron chi connectivity index (χ0n) is 13.2. The van der Waals surface area contributed by atoms with Crippen LogP contribution in [-0.2, 0) is 6.42 Å². The van der Waals surface area contributed by atoms with Crippen LogP contribution in [0.15, 0.2) is 40.2 Å². The van der Waals surface area contributed by atoms with Gasteiger partial charge in [0.15, 0.2) is 0 Å². The van der Waals surface area contributed by atoms with Gasteiger partial charge in [-0.3, -0.25) is 0 Å². The summed E-state index contributed by atoms with van der Waals surface area (Å²) in [6.45, 7) is 9.89. The van der Waals surface area contributed by atoms with Gasteiger partial charge in [-0.15, -0.1) is 11.3 Å². The summed E-state index contributed by atoms with van der Waals surface area (Å²) < 4.78 is 1.19. The van der Waals surface area contributed by atoms with E-state index in [1.165, 1.54) is 20.5 Å². The van der Waals surface area contributed by atoms with Gasteiger partial charge in [0, 0.05) is 32.7 Å². The van der Waals surface area contributed by atoms with E-state index in [1.807, 2.05) is 11.3 Å². The van der Waals surface area contributed by atoms with Gasteiger partial charge in [-0.1, -0.05) is 24.3 Å². The van der Waals surface area contributed by atoms with Crippen molar-refractivity contribution in [1.82, 2.24) is 5.32 Å². The minimum absolute atomic E-state index is 0.150. The fourth-order valence-electron chi connectivity index (χ4n) is 2.47. The number of nitrogens with one attached hydrogen (secondary N) is 1. The Labute approximate surface area is 140 Å². The normalized spacial score (nSPS) is 13.4. The van der Waals surface area contributed by atoms with Crippen LogP contribution in [0.25, 0.3) is 0 Å². The predicted octanol–water partition coefficient (Wildman–Crippen LogP) is 5.53. The molecule has 0 radical (unpaired) electrons. The molecule has 0 amide bonds. The van der Waals surface area contributed by atoms with Crippen LogP contribution in [0.1, 0.15) is 42.7 Å². The zero-order valence-corrected chi connectivity index (χ0v) is 15.6. The van der Waals surface area contributed by atoms with Crippen LogP contribution in [0.5, 0.6) is 0 Å². The number of hydrogen-bond donors (Lipinski definition) is 1. The maximum absolute atomic E-state index is 3.67. The summed E-state index contributed by atoms with van der Waals surface area (Å²) in [4.78, 5) is 1.44. The lowest BCUT2D eigenvalue weighted by Gasteiger charge is -2.26. The molecule has 2 aromatic rings. The van der Waals surface area contributed by atoms with Crippen molar-refractivity contribution in [1.29, 1.82) is 0 Å². The number of aryl methyl sites for hydroxylation is 1. The van der Waals surface area contributed by atoms with Gasteiger partial charge < -0.3 is 5.32 Å². The maximum Gasteiger partial charge on any atom is 0.0285 e. The third kappa shape index (κ3) is 5.24. The Balaban J connectivity index is 2.19. The van der Waals surface area contributed by atoms with Crippen molar-refractivity contribution in [3.05, 3.63) is 56.2 Å². The summed E-state index contributed by atoms with van der Waals surface area (Å²) in [5.41, 5.74) is 2.99. The van der Waals surface area contributed by atoms with Gasteiger partial charge in [-0.2, -0.15) is 0 Å². The SMILES string of the molecule is Cc1ccccc1C(CNC(C)(C)C)Cc1cc(Br)cs1. The fourth-order valence-corrected chi connectivity index (χ4v) is 4.00. The third-order valence-corrected chi connectivity index (χ3v) is 5.30. The summed E-state index contributed by atoms with van der Waals surface area (Å²) in [5, 5.41) is 5.84.